The Morgan fingerprint density at radius 1 is 1.05 bits per heavy atom. The molecule has 6 nitrogen and oxygen atoms in total. The van der Waals surface area contributed by atoms with Crippen LogP contribution in [0.25, 0.3) is 21.2 Å². The minimum atomic E-state index is -0.00704. The molecular formula is C32H37ClN4O2S. The first-order chi connectivity index (χ1) is 19.4. The maximum absolute atomic E-state index is 14.3. The van der Waals surface area contributed by atoms with Crippen molar-refractivity contribution in [2.45, 2.75) is 51.2 Å². The standard InChI is InChI=1S/C32H37ClN4O2S/c1-5-39-27-16-10-21(22-11-17-29(34-2)35-19-22)18-23(27)20-37(25-14-12-24(13-15-25)36(3)4)32(38)31-30(33)26-8-6-7-9-28(26)40-31/h6-11,16-19,24-25H,5,12-15,20H2,1-4H3,(H,34,35)/t24-,25-. The summed E-state index contributed by atoms with van der Waals surface area (Å²) >= 11 is 8.31. The lowest BCUT2D eigenvalue weighted by atomic mass is 9.89. The molecule has 1 aliphatic rings. The van der Waals surface area contributed by atoms with E-state index in [9.17, 15) is 4.79 Å². The monoisotopic (exact) mass is 576 g/mol. The van der Waals surface area contributed by atoms with Crippen molar-refractivity contribution in [1.29, 1.82) is 0 Å². The second-order valence-corrected chi connectivity index (χ2v) is 12.0. The predicted octanol–water partition coefficient (Wildman–Crippen LogP) is 7.57. The molecule has 1 N–H and O–H groups in total. The van der Waals surface area contributed by atoms with Crippen molar-refractivity contribution in [2.24, 2.45) is 0 Å². The van der Waals surface area contributed by atoms with E-state index in [0.717, 1.165) is 64.0 Å². The fourth-order valence-electron chi connectivity index (χ4n) is 5.61. The van der Waals surface area contributed by atoms with Crippen molar-refractivity contribution < 1.29 is 9.53 Å². The maximum atomic E-state index is 14.3. The molecule has 0 aliphatic heterocycles. The number of fused-ring (bicyclic) bond motifs is 1. The van der Waals surface area contributed by atoms with Gasteiger partial charge >= 0.3 is 0 Å². The summed E-state index contributed by atoms with van der Waals surface area (Å²) in [4.78, 5) is 23.8. The first-order valence-electron chi connectivity index (χ1n) is 13.9. The van der Waals surface area contributed by atoms with E-state index in [1.165, 1.54) is 11.3 Å². The van der Waals surface area contributed by atoms with Gasteiger partial charge in [-0.2, -0.15) is 0 Å². The van der Waals surface area contributed by atoms with Gasteiger partial charge in [0.15, 0.2) is 0 Å². The first-order valence-corrected chi connectivity index (χ1v) is 15.1. The van der Waals surface area contributed by atoms with Crippen LogP contribution < -0.4 is 10.1 Å². The molecular weight excluding hydrogens is 540 g/mol. The smallest absolute Gasteiger partial charge is 0.266 e. The van der Waals surface area contributed by atoms with E-state index in [1.807, 2.05) is 61.5 Å². The van der Waals surface area contributed by atoms with Crippen LogP contribution in [-0.2, 0) is 6.54 Å². The quantitative estimate of drug-likeness (QED) is 0.223. The van der Waals surface area contributed by atoms with Crippen LogP contribution in [0.4, 0.5) is 5.82 Å². The highest BCUT2D eigenvalue weighted by molar-refractivity contribution is 7.21. The number of rotatable bonds is 9. The summed E-state index contributed by atoms with van der Waals surface area (Å²) in [6, 6.07) is 18.9. The van der Waals surface area contributed by atoms with E-state index < -0.39 is 0 Å². The Morgan fingerprint density at radius 3 is 2.42 bits per heavy atom. The number of pyridine rings is 1. The molecule has 0 unspecified atom stereocenters. The van der Waals surface area contributed by atoms with E-state index in [1.54, 1.807) is 0 Å². The Hall–Kier alpha value is -3.13. The molecule has 1 saturated carbocycles. The molecule has 4 aromatic rings. The van der Waals surface area contributed by atoms with Crippen molar-refractivity contribution in [1.82, 2.24) is 14.8 Å². The predicted molar refractivity (Wildman–Crippen MR) is 167 cm³/mol. The Bertz CT molecular complexity index is 1460. The minimum absolute atomic E-state index is 0.00704. The van der Waals surface area contributed by atoms with Gasteiger partial charge in [-0.05, 0) is 82.6 Å². The second-order valence-electron chi connectivity index (χ2n) is 10.5. The highest BCUT2D eigenvalue weighted by Gasteiger charge is 2.33. The van der Waals surface area contributed by atoms with E-state index >= 15 is 0 Å². The number of aromatic nitrogens is 1. The summed E-state index contributed by atoms with van der Waals surface area (Å²) < 4.78 is 7.09. The Morgan fingerprint density at radius 2 is 1.77 bits per heavy atom. The van der Waals surface area contributed by atoms with Crippen LogP contribution >= 0.6 is 22.9 Å². The number of halogens is 1. The summed E-state index contributed by atoms with van der Waals surface area (Å²) in [6.07, 6.45) is 5.90. The van der Waals surface area contributed by atoms with Gasteiger partial charge in [-0.25, -0.2) is 4.98 Å². The third-order valence-electron chi connectivity index (χ3n) is 7.88. The topological polar surface area (TPSA) is 57.7 Å². The Kier molecular flexibility index (Phi) is 8.94. The second kappa shape index (κ2) is 12.6. The molecule has 2 aromatic carbocycles. The molecule has 2 heterocycles. The van der Waals surface area contributed by atoms with Crippen LogP contribution in [0.2, 0.25) is 5.02 Å². The fourth-order valence-corrected chi connectivity index (χ4v) is 7.08. The van der Waals surface area contributed by atoms with E-state index in [0.29, 0.717) is 29.1 Å². The normalized spacial score (nSPS) is 17.2. The summed E-state index contributed by atoms with van der Waals surface area (Å²) in [6.45, 7) is 2.99. The number of ether oxygens (including phenoxy) is 1. The van der Waals surface area contributed by atoms with Crippen molar-refractivity contribution in [3.05, 3.63) is 76.3 Å². The lowest BCUT2D eigenvalue weighted by Crippen LogP contribution is -2.44. The fraction of sp³-hybridized carbons (Fsp3) is 0.375. The van der Waals surface area contributed by atoms with Crippen LogP contribution in [0, 0.1) is 0 Å². The number of amides is 1. The molecule has 210 valence electrons. The number of hydrogen-bond acceptors (Lipinski definition) is 6. The van der Waals surface area contributed by atoms with Gasteiger partial charge in [-0.1, -0.05) is 35.9 Å². The Labute approximate surface area is 245 Å². The number of benzene rings is 2. The maximum Gasteiger partial charge on any atom is 0.266 e. The number of thiophene rings is 1. The average molecular weight is 577 g/mol. The molecule has 0 spiro atoms. The van der Waals surface area contributed by atoms with Crippen LogP contribution in [0.1, 0.15) is 47.8 Å². The van der Waals surface area contributed by atoms with Gasteiger partial charge in [-0.15, -0.1) is 11.3 Å². The SMILES string of the molecule is CCOc1ccc(-c2ccc(NC)nc2)cc1CN(C(=O)c1sc2ccccc2c1Cl)[C@H]1CC[C@H](N(C)C)CC1. The van der Waals surface area contributed by atoms with Crippen LogP contribution in [0.3, 0.4) is 0 Å². The van der Waals surface area contributed by atoms with E-state index in [4.69, 9.17) is 16.3 Å². The van der Waals surface area contributed by atoms with E-state index in [2.05, 4.69) is 47.5 Å². The van der Waals surface area contributed by atoms with Gasteiger partial charge < -0.3 is 19.9 Å². The van der Waals surface area contributed by atoms with Crippen molar-refractivity contribution >= 4 is 44.7 Å². The summed E-state index contributed by atoms with van der Waals surface area (Å²) in [7, 11) is 6.14. The minimum Gasteiger partial charge on any atom is -0.494 e. The van der Waals surface area contributed by atoms with Crippen molar-refractivity contribution in [2.75, 3.05) is 33.1 Å². The summed E-state index contributed by atoms with van der Waals surface area (Å²) in [5, 5.41) is 4.55. The lowest BCUT2D eigenvalue weighted by molar-refractivity contribution is 0.0572. The van der Waals surface area contributed by atoms with Gasteiger partial charge in [0.05, 0.1) is 11.6 Å². The van der Waals surface area contributed by atoms with Gasteiger partial charge in [-0.3, -0.25) is 4.79 Å². The molecule has 0 atom stereocenters. The Balaban J connectivity index is 1.52. The van der Waals surface area contributed by atoms with Crippen molar-refractivity contribution in [3.8, 4) is 16.9 Å². The molecule has 5 rings (SSSR count). The number of carbonyl (C=O) groups excluding carboxylic acids is 1. The molecule has 1 amide bonds. The van der Waals surface area contributed by atoms with Crippen LogP contribution in [0.15, 0.2) is 60.8 Å². The molecule has 1 aliphatic carbocycles. The largest absolute Gasteiger partial charge is 0.494 e. The van der Waals surface area contributed by atoms with Crippen molar-refractivity contribution in [3.63, 3.8) is 0 Å². The lowest BCUT2D eigenvalue weighted by Gasteiger charge is -2.39. The summed E-state index contributed by atoms with van der Waals surface area (Å²) in [5.41, 5.74) is 3.04. The highest BCUT2D eigenvalue weighted by atomic mass is 35.5. The molecule has 0 saturated heterocycles. The zero-order valence-electron chi connectivity index (χ0n) is 23.6. The number of carbonyl (C=O) groups is 1. The van der Waals surface area contributed by atoms with Crippen LogP contribution in [-0.4, -0.2) is 60.5 Å². The zero-order valence-corrected chi connectivity index (χ0v) is 25.2. The zero-order chi connectivity index (χ0) is 28.2. The summed E-state index contributed by atoms with van der Waals surface area (Å²) in [5.74, 6) is 1.61. The number of hydrogen-bond donors (Lipinski definition) is 1. The third kappa shape index (κ3) is 5.97. The highest BCUT2D eigenvalue weighted by Crippen LogP contribution is 2.38. The van der Waals surface area contributed by atoms with Gasteiger partial charge in [0, 0.05) is 53.1 Å². The first kappa shape index (κ1) is 28.4. The van der Waals surface area contributed by atoms with Gasteiger partial charge in [0.25, 0.3) is 5.91 Å². The van der Waals surface area contributed by atoms with E-state index in [-0.39, 0.29) is 11.9 Å². The molecule has 0 radical (unpaired) electrons. The number of anilines is 1. The molecule has 0 bridgehead atoms. The van der Waals surface area contributed by atoms with Crippen LogP contribution in [0.5, 0.6) is 5.75 Å². The molecule has 1 fully saturated rings. The molecule has 2 aromatic heterocycles. The molecule has 8 heteroatoms. The third-order valence-corrected chi connectivity index (χ3v) is 9.54. The number of nitrogens with zero attached hydrogens (tertiary/aromatic N) is 3. The average Bonchev–Trinajstić information content (AvgIpc) is 3.32. The van der Waals surface area contributed by atoms with Gasteiger partial charge in [0.1, 0.15) is 16.4 Å². The number of nitrogens with one attached hydrogen (secondary N) is 1. The van der Waals surface area contributed by atoms with Gasteiger partial charge in [0.2, 0.25) is 0 Å². The molecule has 40 heavy (non-hydrogen) atoms.